The van der Waals surface area contributed by atoms with Crippen molar-refractivity contribution in [1.82, 2.24) is 20.4 Å². The summed E-state index contributed by atoms with van der Waals surface area (Å²) < 4.78 is 15.4. The van der Waals surface area contributed by atoms with Crippen LogP contribution < -0.4 is 32.7 Å². The van der Waals surface area contributed by atoms with Gasteiger partial charge in [-0.05, 0) is 73.2 Å². The summed E-state index contributed by atoms with van der Waals surface area (Å²) >= 11 is 0. The first-order valence-corrected chi connectivity index (χ1v) is 19.6. The predicted molar refractivity (Wildman–Crippen MR) is 220 cm³/mol. The SMILES string of the molecule is Cc1ccc(F)c(NC(=O)Nc2ccc(-c3cccc4c3c(N)nn4C(=O)CCCCCCCCCCCNC(=O)CCC(=O)N[C@@H](CCC(N)=O)C(=O)O)cc2)c1. The number of carbonyl (C=O) groups excluding carboxylic acids is 5. The van der Waals surface area contributed by atoms with E-state index in [9.17, 15) is 33.2 Å². The Morgan fingerprint density at radius 3 is 2.12 bits per heavy atom. The standard InChI is InChI=1S/C42H53FN8O7/c1-27-15-20-31(43)33(26-27)49-42(58)47-29-18-16-28(17-19-29)30-12-11-13-34-39(30)40(45)50-51(34)38(55)14-9-7-5-3-2-4-6-8-10-25-46-36(53)23-24-37(54)48-32(41(56)57)21-22-35(44)52/h11-13,15-20,26,32H,2-10,14,21-25H2,1H3,(H2,44,52)(H2,45,50)(H,46,53)(H,48,54)(H,56,57)(H2,47,49,58)/t32-/m0/s1. The summed E-state index contributed by atoms with van der Waals surface area (Å²) in [5, 5.41) is 24.5. The number of primary amides is 1. The molecule has 4 rings (SSSR count). The Bertz CT molecular complexity index is 2070. The fourth-order valence-corrected chi connectivity index (χ4v) is 6.48. The van der Waals surface area contributed by atoms with Crippen LogP contribution in [0.5, 0.6) is 0 Å². The van der Waals surface area contributed by atoms with Crippen molar-refractivity contribution < 1.29 is 38.3 Å². The van der Waals surface area contributed by atoms with Crippen molar-refractivity contribution in [1.29, 1.82) is 0 Å². The zero-order chi connectivity index (χ0) is 42.0. The minimum Gasteiger partial charge on any atom is -0.480 e. The summed E-state index contributed by atoms with van der Waals surface area (Å²) in [6.07, 6.45) is 8.50. The molecule has 3 aromatic carbocycles. The highest BCUT2D eigenvalue weighted by molar-refractivity contribution is 6.05. The molecule has 1 heterocycles. The number of unbranched alkanes of at least 4 members (excludes halogenated alkanes) is 8. The number of aryl methyl sites for hydroxylation is 1. The summed E-state index contributed by atoms with van der Waals surface area (Å²) in [5.41, 5.74) is 15.0. The van der Waals surface area contributed by atoms with E-state index in [2.05, 4.69) is 26.4 Å². The van der Waals surface area contributed by atoms with Crippen LogP contribution in [0.4, 0.5) is 26.4 Å². The molecule has 0 radical (unpaired) electrons. The van der Waals surface area contributed by atoms with Gasteiger partial charge in [0.1, 0.15) is 11.9 Å². The average molecular weight is 801 g/mol. The Balaban J connectivity index is 1.09. The Hall–Kier alpha value is -6.32. The van der Waals surface area contributed by atoms with Crippen LogP contribution >= 0.6 is 0 Å². The van der Waals surface area contributed by atoms with Crippen LogP contribution in [-0.4, -0.2) is 63.1 Å². The van der Waals surface area contributed by atoms with E-state index in [1.807, 2.05) is 30.3 Å². The fourth-order valence-electron chi connectivity index (χ4n) is 6.48. The van der Waals surface area contributed by atoms with Crippen molar-refractivity contribution in [2.75, 3.05) is 22.9 Å². The highest BCUT2D eigenvalue weighted by Gasteiger charge is 2.21. The molecule has 0 saturated carbocycles. The van der Waals surface area contributed by atoms with Crippen LogP contribution in [0, 0.1) is 12.7 Å². The van der Waals surface area contributed by atoms with E-state index in [0.717, 1.165) is 74.5 Å². The van der Waals surface area contributed by atoms with Crippen molar-refractivity contribution in [2.45, 2.75) is 103 Å². The maximum atomic E-state index is 14.1. The van der Waals surface area contributed by atoms with Gasteiger partial charge in [-0.3, -0.25) is 19.2 Å². The number of carboxylic acids is 1. The topological polar surface area (TPSA) is 241 Å². The first kappa shape index (κ1) is 44.4. The van der Waals surface area contributed by atoms with Gasteiger partial charge in [-0.2, -0.15) is 4.68 Å². The Morgan fingerprint density at radius 1 is 0.793 bits per heavy atom. The van der Waals surface area contributed by atoms with Gasteiger partial charge in [0.25, 0.3) is 0 Å². The molecule has 0 fully saturated rings. The highest BCUT2D eigenvalue weighted by atomic mass is 19.1. The van der Waals surface area contributed by atoms with Crippen LogP contribution in [0.3, 0.4) is 0 Å². The van der Waals surface area contributed by atoms with E-state index < -0.39 is 35.7 Å². The molecule has 9 N–H and O–H groups in total. The summed E-state index contributed by atoms with van der Waals surface area (Å²) in [7, 11) is 0. The predicted octanol–water partition coefficient (Wildman–Crippen LogP) is 6.65. The van der Waals surface area contributed by atoms with Gasteiger partial charge in [-0.1, -0.05) is 75.3 Å². The van der Waals surface area contributed by atoms with Gasteiger partial charge in [-0.15, -0.1) is 5.10 Å². The maximum absolute atomic E-state index is 14.1. The number of nitrogens with two attached hydrogens (primary N) is 2. The lowest BCUT2D eigenvalue weighted by molar-refractivity contribution is -0.142. The quantitative estimate of drug-likeness (QED) is 0.0397. The van der Waals surface area contributed by atoms with E-state index in [4.69, 9.17) is 16.6 Å². The molecular formula is C42H53FN8O7. The Kier molecular flexibility index (Phi) is 17.2. The van der Waals surface area contributed by atoms with Crippen LogP contribution in [0.25, 0.3) is 22.0 Å². The molecule has 1 atom stereocenters. The molecule has 0 saturated heterocycles. The monoisotopic (exact) mass is 800 g/mol. The number of benzene rings is 3. The molecule has 15 nitrogen and oxygen atoms in total. The lowest BCUT2D eigenvalue weighted by atomic mass is 10.0. The van der Waals surface area contributed by atoms with Crippen molar-refractivity contribution >= 4 is 63.7 Å². The molecule has 16 heteroatoms. The molecule has 0 spiro atoms. The van der Waals surface area contributed by atoms with E-state index in [0.29, 0.717) is 29.6 Å². The molecular weight excluding hydrogens is 748 g/mol. The van der Waals surface area contributed by atoms with Crippen LogP contribution in [-0.2, 0) is 19.2 Å². The number of nitrogens with one attached hydrogen (secondary N) is 4. The van der Waals surface area contributed by atoms with Crippen molar-refractivity contribution in [3.63, 3.8) is 0 Å². The number of halogens is 1. The zero-order valence-corrected chi connectivity index (χ0v) is 32.8. The molecule has 1 aromatic heterocycles. The number of nitrogens with zero attached hydrogens (tertiary/aromatic N) is 2. The van der Waals surface area contributed by atoms with Gasteiger partial charge >= 0.3 is 12.0 Å². The molecule has 5 amide bonds. The minimum atomic E-state index is -1.27. The number of aromatic nitrogens is 2. The Labute approximate surface area is 336 Å². The van der Waals surface area contributed by atoms with Crippen molar-refractivity contribution in [2.24, 2.45) is 5.73 Å². The number of urea groups is 1. The third kappa shape index (κ3) is 14.0. The van der Waals surface area contributed by atoms with Gasteiger partial charge in [0, 0.05) is 37.9 Å². The largest absolute Gasteiger partial charge is 0.480 e. The average Bonchev–Trinajstić information content (AvgIpc) is 3.53. The minimum absolute atomic E-state index is 0.0620. The number of rotatable bonds is 23. The lowest BCUT2D eigenvalue weighted by Gasteiger charge is -2.13. The number of carbonyl (C=O) groups is 6. The first-order valence-electron chi connectivity index (χ1n) is 19.6. The highest BCUT2D eigenvalue weighted by Crippen LogP contribution is 2.33. The van der Waals surface area contributed by atoms with Gasteiger partial charge in [0.2, 0.25) is 23.6 Å². The molecule has 0 aliphatic heterocycles. The normalized spacial score (nSPS) is 11.5. The first-order chi connectivity index (χ1) is 27.8. The van der Waals surface area contributed by atoms with Crippen LogP contribution in [0.15, 0.2) is 60.7 Å². The summed E-state index contributed by atoms with van der Waals surface area (Å²) in [6.45, 7) is 2.30. The number of anilines is 3. The van der Waals surface area contributed by atoms with Gasteiger partial charge in [0.15, 0.2) is 5.82 Å². The number of hydrogen-bond acceptors (Lipinski definition) is 8. The molecule has 310 valence electrons. The molecule has 0 aliphatic carbocycles. The van der Waals surface area contributed by atoms with Crippen molar-refractivity contribution in [3.05, 3.63) is 72.0 Å². The third-order valence-corrected chi connectivity index (χ3v) is 9.58. The van der Waals surface area contributed by atoms with Crippen LogP contribution in [0.2, 0.25) is 0 Å². The number of aliphatic carboxylic acids is 1. The lowest BCUT2D eigenvalue weighted by Crippen LogP contribution is -2.41. The zero-order valence-electron chi connectivity index (χ0n) is 32.8. The van der Waals surface area contributed by atoms with E-state index in [-0.39, 0.29) is 49.0 Å². The summed E-state index contributed by atoms with van der Waals surface area (Å²) in [6, 6.07) is 15.3. The third-order valence-electron chi connectivity index (χ3n) is 9.58. The second-order valence-electron chi connectivity index (χ2n) is 14.3. The second-order valence-corrected chi connectivity index (χ2v) is 14.3. The van der Waals surface area contributed by atoms with E-state index in [1.165, 1.54) is 10.7 Å². The van der Waals surface area contributed by atoms with Crippen molar-refractivity contribution in [3.8, 4) is 11.1 Å². The smallest absolute Gasteiger partial charge is 0.326 e. The molecule has 0 aliphatic rings. The number of nitrogen functional groups attached to an aromatic ring is 1. The van der Waals surface area contributed by atoms with Gasteiger partial charge in [0.05, 0.1) is 16.6 Å². The second kappa shape index (κ2) is 22.4. The fraction of sp³-hybridized carbons (Fsp3) is 0.405. The maximum Gasteiger partial charge on any atom is 0.326 e. The Morgan fingerprint density at radius 2 is 1.45 bits per heavy atom. The number of amides is 5. The van der Waals surface area contributed by atoms with Gasteiger partial charge in [-0.25, -0.2) is 14.0 Å². The summed E-state index contributed by atoms with van der Waals surface area (Å²) in [4.78, 5) is 71.9. The number of carboxylic acid groups (broad SMARTS) is 1. The molecule has 0 unspecified atom stereocenters. The number of hydrogen-bond donors (Lipinski definition) is 7. The molecule has 4 aromatic rings. The number of fused-ring (bicyclic) bond motifs is 1. The summed E-state index contributed by atoms with van der Waals surface area (Å²) in [5.74, 6) is -3.20. The molecule has 0 bridgehead atoms. The van der Waals surface area contributed by atoms with Gasteiger partial charge < -0.3 is 37.8 Å². The van der Waals surface area contributed by atoms with E-state index >= 15 is 0 Å². The van der Waals surface area contributed by atoms with E-state index in [1.54, 1.807) is 31.2 Å². The molecule has 58 heavy (non-hydrogen) atoms. The van der Waals surface area contributed by atoms with Crippen LogP contribution in [0.1, 0.15) is 100 Å².